The molecule has 0 saturated carbocycles. The van der Waals surface area contributed by atoms with Gasteiger partial charge in [0.2, 0.25) is 5.91 Å². The average molecular weight is 255 g/mol. The van der Waals surface area contributed by atoms with Crippen LogP contribution in [0.5, 0.6) is 0 Å². The van der Waals surface area contributed by atoms with Gasteiger partial charge in [0.05, 0.1) is 5.92 Å². The molecule has 1 aliphatic heterocycles. The molecule has 0 spiro atoms. The maximum atomic E-state index is 12.2. The lowest BCUT2D eigenvalue weighted by Crippen LogP contribution is -2.57. The Kier molecular flexibility index (Phi) is 4.77. The second-order valence-electron chi connectivity index (χ2n) is 5.71. The van der Waals surface area contributed by atoms with Crippen LogP contribution in [0.4, 0.5) is 0 Å². The Hall–Kier alpha value is -1.06. The zero-order valence-electron chi connectivity index (χ0n) is 12.0. The van der Waals surface area contributed by atoms with E-state index < -0.39 is 11.9 Å². The number of rotatable bonds is 4. The fourth-order valence-corrected chi connectivity index (χ4v) is 3.05. The molecule has 104 valence electrons. The number of nitrogens with zero attached hydrogens (tertiary/aromatic N) is 1. The molecule has 1 saturated heterocycles. The van der Waals surface area contributed by atoms with Gasteiger partial charge >= 0.3 is 5.97 Å². The van der Waals surface area contributed by atoms with Crippen LogP contribution in [0, 0.1) is 17.8 Å². The topological polar surface area (TPSA) is 57.6 Å². The highest BCUT2D eigenvalue weighted by molar-refractivity contribution is 5.82. The lowest BCUT2D eigenvalue weighted by molar-refractivity contribution is -0.157. The Morgan fingerprint density at radius 1 is 1.44 bits per heavy atom. The highest BCUT2D eigenvalue weighted by Gasteiger charge is 2.43. The first kappa shape index (κ1) is 15.0. The standard InChI is InChI=1S/C14H25NO3/c1-6-8(2)10(4)15-11(5)13(14(17)18)9(3)7-12(15)16/h8-11,13H,6-7H2,1-5H3,(H,17,18). The van der Waals surface area contributed by atoms with Crippen LogP contribution in [0.3, 0.4) is 0 Å². The first-order valence-electron chi connectivity index (χ1n) is 6.85. The van der Waals surface area contributed by atoms with Crippen LogP contribution in [0.2, 0.25) is 0 Å². The number of aliphatic carboxylic acids is 1. The van der Waals surface area contributed by atoms with Gasteiger partial charge in [0.25, 0.3) is 0 Å². The number of amides is 1. The minimum Gasteiger partial charge on any atom is -0.481 e. The summed E-state index contributed by atoms with van der Waals surface area (Å²) in [5.41, 5.74) is 0. The summed E-state index contributed by atoms with van der Waals surface area (Å²) in [5, 5.41) is 9.32. The molecule has 0 aromatic heterocycles. The fraction of sp³-hybridized carbons (Fsp3) is 0.857. The number of hydrogen-bond donors (Lipinski definition) is 1. The molecule has 5 atom stereocenters. The number of piperidine rings is 1. The van der Waals surface area contributed by atoms with Gasteiger partial charge in [-0.3, -0.25) is 9.59 Å². The number of carbonyl (C=O) groups excluding carboxylic acids is 1. The summed E-state index contributed by atoms with van der Waals surface area (Å²) in [7, 11) is 0. The van der Waals surface area contributed by atoms with Gasteiger partial charge in [-0.2, -0.15) is 0 Å². The largest absolute Gasteiger partial charge is 0.481 e. The van der Waals surface area contributed by atoms with Crippen LogP contribution in [-0.4, -0.2) is 34.0 Å². The summed E-state index contributed by atoms with van der Waals surface area (Å²) in [5.74, 6) is -0.831. The van der Waals surface area contributed by atoms with Crippen LogP contribution >= 0.6 is 0 Å². The fourth-order valence-electron chi connectivity index (χ4n) is 3.05. The summed E-state index contributed by atoms with van der Waals surface area (Å²) in [6, 6.07) is -0.116. The SMILES string of the molecule is CCC(C)C(C)N1C(=O)CC(C)C(C(=O)O)C1C. The van der Waals surface area contributed by atoms with Crippen molar-refractivity contribution >= 4 is 11.9 Å². The molecule has 1 rings (SSSR count). The number of likely N-dealkylation sites (tertiary alicyclic amines) is 1. The number of carboxylic acids is 1. The van der Waals surface area contributed by atoms with E-state index in [4.69, 9.17) is 0 Å². The Bertz CT molecular complexity index is 329. The molecule has 0 aliphatic carbocycles. The van der Waals surface area contributed by atoms with E-state index in [0.29, 0.717) is 12.3 Å². The highest BCUT2D eigenvalue weighted by Crippen LogP contribution is 2.33. The predicted molar refractivity (Wildman–Crippen MR) is 70.1 cm³/mol. The second kappa shape index (κ2) is 5.72. The smallest absolute Gasteiger partial charge is 0.308 e. The summed E-state index contributed by atoms with van der Waals surface area (Å²) in [6.45, 7) is 9.96. The van der Waals surface area contributed by atoms with Crippen LogP contribution in [0.25, 0.3) is 0 Å². The number of carbonyl (C=O) groups is 2. The molecule has 1 fully saturated rings. The van der Waals surface area contributed by atoms with E-state index in [1.165, 1.54) is 0 Å². The maximum absolute atomic E-state index is 12.2. The van der Waals surface area contributed by atoms with Crippen LogP contribution in [-0.2, 0) is 9.59 Å². The van der Waals surface area contributed by atoms with Gasteiger partial charge in [-0.1, -0.05) is 27.2 Å². The molecular weight excluding hydrogens is 230 g/mol. The molecule has 0 aromatic rings. The summed E-state index contributed by atoms with van der Waals surface area (Å²) in [6.07, 6.45) is 1.34. The van der Waals surface area contributed by atoms with Crippen molar-refractivity contribution in [3.8, 4) is 0 Å². The zero-order valence-corrected chi connectivity index (χ0v) is 12.0. The molecule has 4 heteroatoms. The van der Waals surface area contributed by atoms with Crippen molar-refractivity contribution in [1.82, 2.24) is 4.90 Å². The average Bonchev–Trinajstić information content (AvgIpc) is 2.26. The number of hydrogen-bond acceptors (Lipinski definition) is 2. The van der Waals surface area contributed by atoms with E-state index in [1.54, 1.807) is 4.90 Å². The van der Waals surface area contributed by atoms with Gasteiger partial charge in [0, 0.05) is 18.5 Å². The monoisotopic (exact) mass is 255 g/mol. The number of carboxylic acid groups (broad SMARTS) is 1. The van der Waals surface area contributed by atoms with Gasteiger partial charge in [0.15, 0.2) is 0 Å². The normalized spacial score (nSPS) is 32.2. The molecule has 4 nitrogen and oxygen atoms in total. The van der Waals surface area contributed by atoms with Crippen LogP contribution in [0.1, 0.15) is 47.5 Å². The Morgan fingerprint density at radius 3 is 2.44 bits per heavy atom. The lowest BCUT2D eigenvalue weighted by Gasteiger charge is -2.45. The molecule has 0 aromatic carbocycles. The van der Waals surface area contributed by atoms with E-state index in [-0.39, 0.29) is 23.9 Å². The molecular formula is C14H25NO3. The minimum atomic E-state index is -0.788. The third-order valence-corrected chi connectivity index (χ3v) is 4.55. The molecule has 1 amide bonds. The molecule has 0 bridgehead atoms. The minimum absolute atomic E-state index is 0.0783. The molecule has 18 heavy (non-hydrogen) atoms. The van der Waals surface area contributed by atoms with Crippen molar-refractivity contribution < 1.29 is 14.7 Å². The summed E-state index contributed by atoms with van der Waals surface area (Å²) in [4.78, 5) is 25.3. The highest BCUT2D eigenvalue weighted by atomic mass is 16.4. The van der Waals surface area contributed by atoms with Crippen LogP contribution in [0.15, 0.2) is 0 Å². The second-order valence-corrected chi connectivity index (χ2v) is 5.71. The lowest BCUT2D eigenvalue weighted by atomic mass is 9.79. The summed E-state index contributed by atoms with van der Waals surface area (Å²) >= 11 is 0. The van der Waals surface area contributed by atoms with Gasteiger partial charge in [-0.05, 0) is 25.7 Å². The quantitative estimate of drug-likeness (QED) is 0.839. The molecule has 1 aliphatic rings. The molecule has 5 unspecified atom stereocenters. The Morgan fingerprint density at radius 2 is 2.00 bits per heavy atom. The van der Waals surface area contributed by atoms with Crippen LogP contribution < -0.4 is 0 Å². The van der Waals surface area contributed by atoms with E-state index in [0.717, 1.165) is 6.42 Å². The summed E-state index contributed by atoms with van der Waals surface area (Å²) < 4.78 is 0. The van der Waals surface area contributed by atoms with Gasteiger partial charge in [0.1, 0.15) is 0 Å². The van der Waals surface area contributed by atoms with Crippen molar-refractivity contribution in [1.29, 1.82) is 0 Å². The van der Waals surface area contributed by atoms with Crippen molar-refractivity contribution in [2.24, 2.45) is 17.8 Å². The van der Waals surface area contributed by atoms with Gasteiger partial charge < -0.3 is 10.0 Å². The molecule has 1 N–H and O–H groups in total. The van der Waals surface area contributed by atoms with Crippen molar-refractivity contribution in [3.05, 3.63) is 0 Å². The van der Waals surface area contributed by atoms with Gasteiger partial charge in [-0.15, -0.1) is 0 Å². The molecule has 1 heterocycles. The predicted octanol–water partition coefficient (Wildman–Crippen LogP) is 2.38. The zero-order chi connectivity index (χ0) is 14.0. The first-order valence-corrected chi connectivity index (χ1v) is 6.85. The van der Waals surface area contributed by atoms with E-state index >= 15 is 0 Å². The van der Waals surface area contributed by atoms with E-state index in [2.05, 4.69) is 13.8 Å². The molecule has 0 radical (unpaired) electrons. The van der Waals surface area contributed by atoms with Crippen molar-refractivity contribution in [3.63, 3.8) is 0 Å². The van der Waals surface area contributed by atoms with E-state index in [1.807, 2.05) is 20.8 Å². The first-order chi connectivity index (χ1) is 8.31. The van der Waals surface area contributed by atoms with Crippen molar-refractivity contribution in [2.75, 3.05) is 0 Å². The Balaban J connectivity index is 2.96. The Labute approximate surface area is 109 Å². The maximum Gasteiger partial charge on any atom is 0.308 e. The third-order valence-electron chi connectivity index (χ3n) is 4.55. The third kappa shape index (κ3) is 2.68. The van der Waals surface area contributed by atoms with E-state index in [9.17, 15) is 14.7 Å². The van der Waals surface area contributed by atoms with Gasteiger partial charge in [-0.25, -0.2) is 0 Å². The van der Waals surface area contributed by atoms with Crippen molar-refractivity contribution in [2.45, 2.75) is 59.5 Å².